The minimum absolute atomic E-state index is 0.118. The van der Waals surface area contributed by atoms with Gasteiger partial charge in [0.15, 0.2) is 0 Å². The van der Waals surface area contributed by atoms with Gasteiger partial charge in [-0.2, -0.15) is 0 Å². The van der Waals surface area contributed by atoms with Crippen LogP contribution in [-0.2, 0) is 13.0 Å². The first-order chi connectivity index (χ1) is 12.5. The van der Waals surface area contributed by atoms with Gasteiger partial charge in [0.05, 0.1) is 11.5 Å². The highest BCUT2D eigenvalue weighted by Crippen LogP contribution is 2.35. The fraction of sp³-hybridized carbons (Fsp3) is 0.316. The summed E-state index contributed by atoms with van der Waals surface area (Å²) < 4.78 is 11.5. The molecule has 7 nitrogen and oxygen atoms in total. The smallest absolute Gasteiger partial charge is 0.270 e. The SMILES string of the molecule is CCOc1cc2c(cc1CNC(=O)c1cccc([N+](=O)[O-])c1)O[C@H](C)C2. The van der Waals surface area contributed by atoms with Crippen LogP contribution in [0.1, 0.15) is 35.3 Å². The van der Waals surface area contributed by atoms with Gasteiger partial charge in [0.2, 0.25) is 0 Å². The maximum Gasteiger partial charge on any atom is 0.270 e. The number of fused-ring (bicyclic) bond motifs is 1. The first-order valence-corrected chi connectivity index (χ1v) is 8.45. The normalized spacial score (nSPS) is 15.1. The highest BCUT2D eigenvalue weighted by Gasteiger charge is 2.22. The molecule has 0 radical (unpaired) electrons. The molecule has 3 rings (SSSR count). The third kappa shape index (κ3) is 3.77. The number of benzene rings is 2. The van der Waals surface area contributed by atoms with Crippen molar-refractivity contribution in [2.24, 2.45) is 0 Å². The average Bonchev–Trinajstić information content (AvgIpc) is 2.98. The summed E-state index contributed by atoms with van der Waals surface area (Å²) in [7, 11) is 0. The molecule has 7 heteroatoms. The van der Waals surface area contributed by atoms with Crippen LogP contribution in [0.3, 0.4) is 0 Å². The Kier molecular flexibility index (Phi) is 5.06. The van der Waals surface area contributed by atoms with Crippen molar-refractivity contribution in [2.45, 2.75) is 32.9 Å². The number of nitro benzene ring substituents is 1. The maximum atomic E-state index is 12.3. The van der Waals surface area contributed by atoms with E-state index in [2.05, 4.69) is 5.32 Å². The number of hydrogen-bond donors (Lipinski definition) is 1. The summed E-state index contributed by atoms with van der Waals surface area (Å²) in [5, 5.41) is 13.6. The van der Waals surface area contributed by atoms with Gasteiger partial charge >= 0.3 is 0 Å². The predicted octanol–water partition coefficient (Wildman–Crippen LogP) is 3.25. The standard InChI is InChI=1S/C19H20N2O5/c1-3-25-17-9-14-7-12(2)26-18(14)10-15(17)11-20-19(22)13-5-4-6-16(8-13)21(23)24/h4-6,8-10,12H,3,7,11H2,1-2H3,(H,20,22)/t12-/m1/s1. The van der Waals surface area contributed by atoms with E-state index in [1.54, 1.807) is 6.07 Å². The number of non-ortho nitro benzene ring substituents is 1. The molecule has 0 unspecified atom stereocenters. The molecule has 26 heavy (non-hydrogen) atoms. The Morgan fingerprint density at radius 2 is 2.19 bits per heavy atom. The Bertz CT molecular complexity index is 850. The molecule has 0 aromatic heterocycles. The molecule has 0 fully saturated rings. The quantitative estimate of drug-likeness (QED) is 0.634. The largest absolute Gasteiger partial charge is 0.494 e. The average molecular weight is 356 g/mol. The zero-order valence-electron chi connectivity index (χ0n) is 14.7. The molecule has 1 amide bonds. The van der Waals surface area contributed by atoms with Crippen molar-refractivity contribution in [2.75, 3.05) is 6.61 Å². The summed E-state index contributed by atoms with van der Waals surface area (Å²) >= 11 is 0. The van der Waals surface area contributed by atoms with Crippen LogP contribution in [0, 0.1) is 10.1 Å². The van der Waals surface area contributed by atoms with Crippen molar-refractivity contribution in [3.05, 3.63) is 63.2 Å². The lowest BCUT2D eigenvalue weighted by molar-refractivity contribution is -0.384. The van der Waals surface area contributed by atoms with Crippen molar-refractivity contribution in [1.82, 2.24) is 5.32 Å². The van der Waals surface area contributed by atoms with Crippen LogP contribution in [0.4, 0.5) is 5.69 Å². The number of nitro groups is 1. The molecule has 1 atom stereocenters. The molecule has 1 N–H and O–H groups in total. The molecule has 136 valence electrons. The van der Waals surface area contributed by atoms with Crippen LogP contribution in [0.15, 0.2) is 36.4 Å². The van der Waals surface area contributed by atoms with Gasteiger partial charge < -0.3 is 14.8 Å². The van der Waals surface area contributed by atoms with Gasteiger partial charge in [-0.3, -0.25) is 14.9 Å². The summed E-state index contributed by atoms with van der Waals surface area (Å²) in [4.78, 5) is 22.7. The van der Waals surface area contributed by atoms with Crippen molar-refractivity contribution in [3.63, 3.8) is 0 Å². The second-order valence-electron chi connectivity index (χ2n) is 6.12. The number of nitrogens with zero attached hydrogens (tertiary/aromatic N) is 1. The predicted molar refractivity (Wildman–Crippen MR) is 95.7 cm³/mol. The molecule has 1 aliphatic rings. The lowest BCUT2D eigenvalue weighted by Gasteiger charge is -2.13. The second kappa shape index (κ2) is 7.43. The molecule has 2 aromatic carbocycles. The lowest BCUT2D eigenvalue weighted by Crippen LogP contribution is -2.23. The van der Waals surface area contributed by atoms with Gasteiger partial charge in [0, 0.05) is 41.8 Å². The number of ether oxygens (including phenoxy) is 2. The molecule has 0 saturated carbocycles. The van der Waals surface area contributed by atoms with E-state index in [9.17, 15) is 14.9 Å². The van der Waals surface area contributed by atoms with Gasteiger partial charge in [-0.25, -0.2) is 0 Å². The zero-order chi connectivity index (χ0) is 18.7. The molecule has 0 aliphatic carbocycles. The highest BCUT2D eigenvalue weighted by molar-refractivity contribution is 5.94. The maximum absolute atomic E-state index is 12.3. The summed E-state index contributed by atoms with van der Waals surface area (Å²) in [5.41, 5.74) is 2.02. The minimum atomic E-state index is -0.525. The van der Waals surface area contributed by atoms with E-state index in [-0.39, 0.29) is 29.8 Å². The van der Waals surface area contributed by atoms with E-state index in [4.69, 9.17) is 9.47 Å². The second-order valence-corrected chi connectivity index (χ2v) is 6.12. The number of carbonyl (C=O) groups is 1. The van der Waals surface area contributed by atoms with Gasteiger partial charge in [-0.05, 0) is 32.0 Å². The number of nitrogens with one attached hydrogen (secondary N) is 1. The number of carbonyl (C=O) groups excluding carboxylic acids is 1. The monoisotopic (exact) mass is 356 g/mol. The molecule has 0 spiro atoms. The number of rotatable bonds is 6. The Labute approximate surface area is 151 Å². The molecule has 0 saturated heterocycles. The lowest BCUT2D eigenvalue weighted by atomic mass is 10.1. The Hall–Kier alpha value is -3.09. The highest BCUT2D eigenvalue weighted by atomic mass is 16.6. The van der Waals surface area contributed by atoms with Gasteiger partial charge in [0.25, 0.3) is 11.6 Å². The van der Waals surface area contributed by atoms with Crippen molar-refractivity contribution in [1.29, 1.82) is 0 Å². The van der Waals surface area contributed by atoms with Gasteiger partial charge in [-0.1, -0.05) is 6.07 Å². The number of amides is 1. The van der Waals surface area contributed by atoms with E-state index in [0.29, 0.717) is 12.4 Å². The van der Waals surface area contributed by atoms with Crippen LogP contribution >= 0.6 is 0 Å². The van der Waals surface area contributed by atoms with Crippen LogP contribution in [-0.4, -0.2) is 23.5 Å². The fourth-order valence-corrected chi connectivity index (χ4v) is 2.95. The van der Waals surface area contributed by atoms with Gasteiger partial charge in [-0.15, -0.1) is 0 Å². The molecular weight excluding hydrogens is 336 g/mol. The Balaban J connectivity index is 1.76. The van der Waals surface area contributed by atoms with Crippen LogP contribution in [0.2, 0.25) is 0 Å². The molecule has 1 aliphatic heterocycles. The topological polar surface area (TPSA) is 90.7 Å². The van der Waals surface area contributed by atoms with Crippen LogP contribution < -0.4 is 14.8 Å². The van der Waals surface area contributed by atoms with E-state index >= 15 is 0 Å². The first kappa shape index (κ1) is 17.7. The van der Waals surface area contributed by atoms with E-state index in [0.717, 1.165) is 23.3 Å². The van der Waals surface area contributed by atoms with E-state index < -0.39 is 4.92 Å². The van der Waals surface area contributed by atoms with E-state index in [1.807, 2.05) is 26.0 Å². The first-order valence-electron chi connectivity index (χ1n) is 8.45. The zero-order valence-corrected chi connectivity index (χ0v) is 14.7. The van der Waals surface area contributed by atoms with Crippen LogP contribution in [0.5, 0.6) is 11.5 Å². The summed E-state index contributed by atoms with van der Waals surface area (Å²) in [6, 6.07) is 9.48. The third-order valence-electron chi connectivity index (χ3n) is 4.14. The molecule has 2 aromatic rings. The third-order valence-corrected chi connectivity index (χ3v) is 4.14. The van der Waals surface area contributed by atoms with Crippen molar-refractivity contribution >= 4 is 11.6 Å². The minimum Gasteiger partial charge on any atom is -0.494 e. The molecule has 0 bridgehead atoms. The summed E-state index contributed by atoms with van der Waals surface area (Å²) in [6.45, 7) is 4.66. The van der Waals surface area contributed by atoms with E-state index in [1.165, 1.54) is 18.2 Å². The summed E-state index contributed by atoms with van der Waals surface area (Å²) in [5.74, 6) is 1.13. The van der Waals surface area contributed by atoms with Crippen molar-refractivity contribution < 1.29 is 19.2 Å². The molecular formula is C19H20N2O5. The Morgan fingerprint density at radius 3 is 2.92 bits per heavy atom. The number of hydrogen-bond acceptors (Lipinski definition) is 5. The molecule has 1 heterocycles. The van der Waals surface area contributed by atoms with Crippen molar-refractivity contribution in [3.8, 4) is 11.5 Å². The Morgan fingerprint density at radius 1 is 1.38 bits per heavy atom. The fourth-order valence-electron chi connectivity index (χ4n) is 2.95. The van der Waals surface area contributed by atoms with Crippen LogP contribution in [0.25, 0.3) is 0 Å². The summed E-state index contributed by atoms with van der Waals surface area (Å²) in [6.07, 6.45) is 0.949. The van der Waals surface area contributed by atoms with Gasteiger partial charge in [0.1, 0.15) is 17.6 Å².